The fraction of sp³-hybridized carbons (Fsp3) is 0.389. The van der Waals surface area contributed by atoms with Crippen LogP contribution in [0.25, 0.3) is 0 Å². The van der Waals surface area contributed by atoms with Crippen LogP contribution in [0.4, 0.5) is 19.1 Å². The van der Waals surface area contributed by atoms with Crippen molar-refractivity contribution in [2.75, 3.05) is 33.3 Å². The molecule has 2 aromatic rings. The lowest BCUT2D eigenvalue weighted by Gasteiger charge is -2.31. The van der Waals surface area contributed by atoms with Gasteiger partial charge < -0.3 is 24.3 Å². The van der Waals surface area contributed by atoms with Gasteiger partial charge in [0.15, 0.2) is 11.5 Å². The molecule has 162 valence electrons. The number of rotatable bonds is 6. The highest BCUT2D eigenvalue weighted by Crippen LogP contribution is 2.48. The summed E-state index contributed by atoms with van der Waals surface area (Å²) in [5.41, 5.74) is -1.80. The van der Waals surface area contributed by atoms with Gasteiger partial charge in [0.2, 0.25) is 11.7 Å². The van der Waals surface area contributed by atoms with Crippen LogP contribution in [0.3, 0.4) is 0 Å². The molecule has 0 saturated carbocycles. The highest BCUT2D eigenvalue weighted by Gasteiger charge is 2.47. The highest BCUT2D eigenvalue weighted by molar-refractivity contribution is 5.93. The van der Waals surface area contributed by atoms with Crippen molar-refractivity contribution in [3.05, 3.63) is 35.3 Å². The Morgan fingerprint density at radius 2 is 1.87 bits per heavy atom. The van der Waals surface area contributed by atoms with E-state index in [1.165, 1.54) is 40.4 Å². The number of benzene rings is 1. The standard InChI is InChI=1S/C18H19F3N4O5/c1-5-30-16(26)11-12(9-6-7-10(27-2)14(29-4)13(9)28-3)25-17(22-8-23-25)24-15(11)18(19,20)21/h6-8,12H,5H2,1-4H3,(H,22,23,24). The van der Waals surface area contributed by atoms with E-state index in [0.717, 1.165) is 11.0 Å². The zero-order valence-corrected chi connectivity index (χ0v) is 16.5. The summed E-state index contributed by atoms with van der Waals surface area (Å²) in [5, 5.41) is 6.14. The molecule has 9 nitrogen and oxygen atoms in total. The van der Waals surface area contributed by atoms with Crippen LogP contribution < -0.4 is 19.5 Å². The molecule has 0 amide bonds. The van der Waals surface area contributed by atoms with Crippen LogP contribution in [0.5, 0.6) is 17.2 Å². The van der Waals surface area contributed by atoms with Crippen LogP contribution in [0.15, 0.2) is 29.7 Å². The van der Waals surface area contributed by atoms with Gasteiger partial charge in [0.25, 0.3) is 0 Å². The van der Waals surface area contributed by atoms with Crippen molar-refractivity contribution in [3.8, 4) is 17.2 Å². The lowest BCUT2D eigenvalue weighted by molar-refractivity contribution is -0.140. The quantitative estimate of drug-likeness (QED) is 0.702. The van der Waals surface area contributed by atoms with Gasteiger partial charge in [-0.05, 0) is 19.1 Å². The molecular formula is C18H19F3N4O5. The normalized spacial score (nSPS) is 15.9. The first-order valence-corrected chi connectivity index (χ1v) is 8.72. The smallest absolute Gasteiger partial charge is 0.431 e. The Labute approximate surface area is 169 Å². The summed E-state index contributed by atoms with van der Waals surface area (Å²) in [5.74, 6) is -0.830. The molecule has 1 N–H and O–H groups in total. The number of anilines is 1. The van der Waals surface area contributed by atoms with Crippen molar-refractivity contribution in [2.45, 2.75) is 19.1 Å². The van der Waals surface area contributed by atoms with Crippen molar-refractivity contribution >= 4 is 11.9 Å². The third-order valence-electron chi connectivity index (χ3n) is 4.41. The number of carbonyl (C=O) groups is 1. The second-order valence-corrected chi connectivity index (χ2v) is 5.99. The van der Waals surface area contributed by atoms with Crippen LogP contribution >= 0.6 is 0 Å². The molecule has 1 atom stereocenters. The van der Waals surface area contributed by atoms with Gasteiger partial charge in [-0.2, -0.15) is 23.3 Å². The first-order valence-electron chi connectivity index (χ1n) is 8.72. The Morgan fingerprint density at radius 3 is 2.43 bits per heavy atom. The van der Waals surface area contributed by atoms with E-state index in [4.69, 9.17) is 18.9 Å². The Kier molecular flexibility index (Phi) is 5.76. The fourth-order valence-corrected chi connectivity index (χ4v) is 3.24. The first-order chi connectivity index (χ1) is 14.3. The molecule has 2 heterocycles. The summed E-state index contributed by atoms with van der Waals surface area (Å²) in [6, 6.07) is 1.61. The summed E-state index contributed by atoms with van der Waals surface area (Å²) in [6.07, 6.45) is -3.81. The van der Waals surface area contributed by atoms with Gasteiger partial charge in [-0.25, -0.2) is 9.48 Å². The van der Waals surface area contributed by atoms with E-state index in [1.807, 2.05) is 0 Å². The van der Waals surface area contributed by atoms with Crippen LogP contribution in [-0.2, 0) is 9.53 Å². The van der Waals surface area contributed by atoms with E-state index in [-0.39, 0.29) is 29.6 Å². The zero-order chi connectivity index (χ0) is 22.1. The number of carbonyl (C=O) groups excluding carboxylic acids is 1. The van der Waals surface area contributed by atoms with E-state index in [1.54, 1.807) is 0 Å². The summed E-state index contributed by atoms with van der Waals surface area (Å²) in [6.45, 7) is 1.38. The van der Waals surface area contributed by atoms with Crippen LogP contribution in [0.1, 0.15) is 18.5 Å². The summed E-state index contributed by atoms with van der Waals surface area (Å²) >= 11 is 0. The van der Waals surface area contributed by atoms with Crippen LogP contribution in [-0.4, -0.2) is 54.8 Å². The number of nitrogens with zero attached hydrogens (tertiary/aromatic N) is 3. The van der Waals surface area contributed by atoms with E-state index < -0.39 is 29.5 Å². The second kappa shape index (κ2) is 8.13. The SMILES string of the molecule is CCOC(=O)C1=C(C(F)(F)F)Nc2ncnn2C1c1ccc(OC)c(OC)c1OC. The zero-order valence-electron chi connectivity index (χ0n) is 16.5. The van der Waals surface area contributed by atoms with Gasteiger partial charge in [-0.15, -0.1) is 0 Å². The van der Waals surface area contributed by atoms with Crippen molar-refractivity contribution in [1.82, 2.24) is 14.8 Å². The maximum atomic E-state index is 13.9. The number of esters is 1. The Morgan fingerprint density at radius 1 is 1.17 bits per heavy atom. The maximum absolute atomic E-state index is 13.9. The number of hydrogen-bond acceptors (Lipinski definition) is 8. The molecule has 30 heavy (non-hydrogen) atoms. The molecule has 0 bridgehead atoms. The number of ether oxygens (including phenoxy) is 4. The van der Waals surface area contributed by atoms with E-state index in [0.29, 0.717) is 5.75 Å². The molecule has 0 fully saturated rings. The monoisotopic (exact) mass is 428 g/mol. The number of halogens is 3. The molecule has 1 aliphatic rings. The average Bonchev–Trinajstić information content (AvgIpc) is 3.19. The third kappa shape index (κ3) is 3.48. The molecule has 3 rings (SSSR count). The molecule has 0 radical (unpaired) electrons. The topological polar surface area (TPSA) is 96.7 Å². The Hall–Kier alpha value is -3.44. The maximum Gasteiger partial charge on any atom is 0.431 e. The van der Waals surface area contributed by atoms with Gasteiger partial charge in [0.1, 0.15) is 18.1 Å². The van der Waals surface area contributed by atoms with Crippen molar-refractivity contribution in [3.63, 3.8) is 0 Å². The van der Waals surface area contributed by atoms with Gasteiger partial charge in [-0.3, -0.25) is 0 Å². The van der Waals surface area contributed by atoms with Crippen LogP contribution in [0, 0.1) is 0 Å². The number of fused-ring (bicyclic) bond motifs is 1. The summed E-state index contributed by atoms with van der Waals surface area (Å²) < 4.78 is 63.7. The molecule has 0 saturated heterocycles. The second-order valence-electron chi connectivity index (χ2n) is 5.99. The molecular weight excluding hydrogens is 409 g/mol. The van der Waals surface area contributed by atoms with E-state index in [9.17, 15) is 18.0 Å². The largest absolute Gasteiger partial charge is 0.493 e. The third-order valence-corrected chi connectivity index (χ3v) is 4.41. The number of alkyl halides is 3. The van der Waals surface area contributed by atoms with Gasteiger partial charge in [0, 0.05) is 5.56 Å². The molecule has 0 aliphatic carbocycles. The van der Waals surface area contributed by atoms with Gasteiger partial charge in [0.05, 0.1) is 33.5 Å². The van der Waals surface area contributed by atoms with E-state index in [2.05, 4.69) is 15.4 Å². The van der Waals surface area contributed by atoms with Crippen LogP contribution in [0.2, 0.25) is 0 Å². The van der Waals surface area contributed by atoms with Crippen molar-refractivity contribution < 1.29 is 36.9 Å². The number of aromatic nitrogens is 3. The molecule has 0 spiro atoms. The summed E-state index contributed by atoms with van der Waals surface area (Å²) in [4.78, 5) is 16.5. The average molecular weight is 428 g/mol. The minimum Gasteiger partial charge on any atom is -0.493 e. The molecule has 1 unspecified atom stereocenters. The van der Waals surface area contributed by atoms with E-state index >= 15 is 0 Å². The predicted octanol–water partition coefficient (Wildman–Crippen LogP) is 2.70. The predicted molar refractivity (Wildman–Crippen MR) is 97.6 cm³/mol. The number of nitrogens with one attached hydrogen (secondary N) is 1. The number of allylic oxidation sites excluding steroid dienone is 1. The Bertz CT molecular complexity index is 987. The lowest BCUT2D eigenvalue weighted by Crippen LogP contribution is -2.35. The minimum absolute atomic E-state index is 0.0773. The van der Waals surface area contributed by atoms with Crippen molar-refractivity contribution in [2.24, 2.45) is 0 Å². The Balaban J connectivity index is 2.35. The first kappa shape index (κ1) is 21.3. The minimum atomic E-state index is -4.89. The molecule has 1 aliphatic heterocycles. The van der Waals surface area contributed by atoms with Crippen molar-refractivity contribution in [1.29, 1.82) is 0 Å². The molecule has 12 heteroatoms. The highest BCUT2D eigenvalue weighted by atomic mass is 19.4. The molecule has 1 aromatic carbocycles. The molecule has 1 aromatic heterocycles. The summed E-state index contributed by atoms with van der Waals surface area (Å²) in [7, 11) is 4.09. The van der Waals surface area contributed by atoms with Gasteiger partial charge >= 0.3 is 12.1 Å². The number of hydrogen-bond donors (Lipinski definition) is 1. The lowest BCUT2D eigenvalue weighted by atomic mass is 9.93. The van der Waals surface area contributed by atoms with Gasteiger partial charge in [-0.1, -0.05) is 0 Å². The fourth-order valence-electron chi connectivity index (χ4n) is 3.24. The number of methoxy groups -OCH3 is 3.